The van der Waals surface area contributed by atoms with Crippen molar-refractivity contribution in [3.8, 4) is 0 Å². The minimum atomic E-state index is -0.389. The zero-order valence-corrected chi connectivity index (χ0v) is 15.9. The quantitative estimate of drug-likeness (QED) is 0.399. The van der Waals surface area contributed by atoms with Crippen LogP contribution in [0.3, 0.4) is 0 Å². The highest BCUT2D eigenvalue weighted by molar-refractivity contribution is 9.10. The Kier molecular flexibility index (Phi) is 4.99. The molecule has 1 aliphatic heterocycles. The highest BCUT2D eigenvalue weighted by Crippen LogP contribution is 2.33. The van der Waals surface area contributed by atoms with E-state index in [4.69, 9.17) is 12.2 Å². The SMILES string of the molecule is Cc1cccc(C(=O)N2C(=O)/C(=C/c3ccc(Br)cc3)SC2=S)c1. The average Bonchev–Trinajstić information content (AvgIpc) is 2.83. The van der Waals surface area contributed by atoms with Crippen LogP contribution in [-0.2, 0) is 4.79 Å². The molecule has 0 atom stereocenters. The van der Waals surface area contributed by atoms with E-state index in [-0.39, 0.29) is 16.1 Å². The number of benzene rings is 2. The lowest BCUT2D eigenvalue weighted by atomic mass is 10.1. The molecule has 0 aliphatic carbocycles. The number of halogens is 1. The summed E-state index contributed by atoms with van der Waals surface area (Å²) in [6.07, 6.45) is 1.75. The molecule has 120 valence electrons. The summed E-state index contributed by atoms with van der Waals surface area (Å²) < 4.78 is 1.22. The van der Waals surface area contributed by atoms with Crippen LogP contribution in [-0.4, -0.2) is 21.0 Å². The first-order valence-electron chi connectivity index (χ1n) is 7.10. The molecule has 1 fully saturated rings. The zero-order valence-electron chi connectivity index (χ0n) is 12.7. The molecule has 0 unspecified atom stereocenters. The van der Waals surface area contributed by atoms with Crippen molar-refractivity contribution in [2.75, 3.05) is 0 Å². The third kappa shape index (κ3) is 3.50. The molecule has 24 heavy (non-hydrogen) atoms. The van der Waals surface area contributed by atoms with Crippen molar-refractivity contribution in [2.24, 2.45) is 0 Å². The fourth-order valence-electron chi connectivity index (χ4n) is 2.26. The zero-order chi connectivity index (χ0) is 17.3. The van der Waals surface area contributed by atoms with E-state index < -0.39 is 0 Å². The van der Waals surface area contributed by atoms with Gasteiger partial charge in [0.15, 0.2) is 4.32 Å². The highest BCUT2D eigenvalue weighted by atomic mass is 79.9. The van der Waals surface area contributed by atoms with Gasteiger partial charge >= 0.3 is 0 Å². The number of imide groups is 1. The number of carbonyl (C=O) groups is 2. The van der Waals surface area contributed by atoms with Crippen LogP contribution >= 0.6 is 39.9 Å². The van der Waals surface area contributed by atoms with Gasteiger partial charge in [-0.05, 0) is 42.8 Å². The second-order valence-corrected chi connectivity index (χ2v) is 7.83. The van der Waals surface area contributed by atoms with Gasteiger partial charge < -0.3 is 0 Å². The van der Waals surface area contributed by atoms with Crippen LogP contribution in [0.25, 0.3) is 6.08 Å². The Morgan fingerprint density at radius 1 is 1.21 bits per heavy atom. The number of thiocarbonyl (C=S) groups is 1. The lowest BCUT2D eigenvalue weighted by molar-refractivity contribution is -0.120. The minimum absolute atomic E-state index is 0.259. The van der Waals surface area contributed by atoms with Crippen molar-refractivity contribution in [1.29, 1.82) is 0 Å². The van der Waals surface area contributed by atoms with Gasteiger partial charge in [0.1, 0.15) is 0 Å². The molecule has 2 aromatic carbocycles. The summed E-state index contributed by atoms with van der Waals surface area (Å²) >= 11 is 9.76. The first-order valence-corrected chi connectivity index (χ1v) is 9.12. The topological polar surface area (TPSA) is 37.4 Å². The van der Waals surface area contributed by atoms with Gasteiger partial charge in [-0.25, -0.2) is 4.90 Å². The fourth-order valence-corrected chi connectivity index (χ4v) is 3.78. The molecular formula is C18H12BrNO2S2. The second kappa shape index (κ2) is 7.01. The monoisotopic (exact) mass is 417 g/mol. The van der Waals surface area contributed by atoms with Gasteiger partial charge in [0.05, 0.1) is 4.91 Å². The number of nitrogens with zero attached hydrogens (tertiary/aromatic N) is 1. The van der Waals surface area contributed by atoms with E-state index in [2.05, 4.69) is 15.9 Å². The summed E-state index contributed by atoms with van der Waals surface area (Å²) in [5.74, 6) is -0.764. The van der Waals surface area contributed by atoms with E-state index in [0.717, 1.165) is 32.3 Å². The molecule has 0 radical (unpaired) electrons. The van der Waals surface area contributed by atoms with Crippen molar-refractivity contribution in [2.45, 2.75) is 6.92 Å². The lowest BCUT2D eigenvalue weighted by Crippen LogP contribution is -2.34. The molecule has 3 nitrogen and oxygen atoms in total. The summed E-state index contributed by atoms with van der Waals surface area (Å²) in [5.41, 5.74) is 2.29. The Morgan fingerprint density at radius 2 is 1.92 bits per heavy atom. The molecule has 0 bridgehead atoms. The maximum Gasteiger partial charge on any atom is 0.273 e. The number of hydrogen-bond acceptors (Lipinski definition) is 4. The van der Waals surface area contributed by atoms with Crippen LogP contribution in [0.1, 0.15) is 21.5 Å². The third-order valence-corrected chi connectivity index (χ3v) is 5.26. The molecule has 1 aliphatic rings. The van der Waals surface area contributed by atoms with Crippen molar-refractivity contribution < 1.29 is 9.59 Å². The van der Waals surface area contributed by atoms with Crippen LogP contribution in [0.15, 0.2) is 57.9 Å². The molecule has 2 amide bonds. The standard InChI is InChI=1S/C18H12BrNO2S2/c1-11-3-2-4-13(9-11)16(21)20-17(22)15(24-18(20)23)10-12-5-7-14(19)8-6-12/h2-10H,1H3/b15-10-. The number of thioether (sulfide) groups is 1. The van der Waals surface area contributed by atoms with Gasteiger partial charge in [0, 0.05) is 10.0 Å². The van der Waals surface area contributed by atoms with Crippen molar-refractivity contribution in [3.05, 3.63) is 74.6 Å². The van der Waals surface area contributed by atoms with Gasteiger partial charge in [0.25, 0.3) is 11.8 Å². The molecule has 1 saturated heterocycles. The van der Waals surface area contributed by atoms with Crippen LogP contribution in [0.5, 0.6) is 0 Å². The predicted octanol–water partition coefficient (Wildman–Crippen LogP) is 4.80. The fraction of sp³-hybridized carbons (Fsp3) is 0.0556. The number of hydrogen-bond donors (Lipinski definition) is 0. The summed E-state index contributed by atoms with van der Waals surface area (Å²) in [6, 6.07) is 14.7. The molecule has 1 heterocycles. The lowest BCUT2D eigenvalue weighted by Gasteiger charge is -2.12. The normalized spacial score (nSPS) is 16.1. The maximum absolute atomic E-state index is 12.6. The molecular weight excluding hydrogens is 406 g/mol. The molecule has 0 aromatic heterocycles. The van der Waals surface area contributed by atoms with E-state index in [1.807, 2.05) is 37.3 Å². The summed E-state index contributed by atoms with van der Waals surface area (Å²) in [7, 11) is 0. The molecule has 0 spiro atoms. The first-order chi connectivity index (χ1) is 11.5. The largest absolute Gasteiger partial charge is 0.273 e. The molecule has 0 N–H and O–H groups in total. The van der Waals surface area contributed by atoms with E-state index in [1.54, 1.807) is 24.3 Å². The third-order valence-electron chi connectivity index (χ3n) is 3.43. The van der Waals surface area contributed by atoms with Crippen LogP contribution in [0, 0.1) is 6.92 Å². The van der Waals surface area contributed by atoms with Crippen LogP contribution in [0.4, 0.5) is 0 Å². The Bertz CT molecular complexity index is 875. The predicted molar refractivity (Wildman–Crippen MR) is 105 cm³/mol. The highest BCUT2D eigenvalue weighted by Gasteiger charge is 2.37. The van der Waals surface area contributed by atoms with E-state index >= 15 is 0 Å². The van der Waals surface area contributed by atoms with Gasteiger partial charge in [-0.3, -0.25) is 9.59 Å². The van der Waals surface area contributed by atoms with Gasteiger partial charge in [0.2, 0.25) is 0 Å². The Hall–Kier alpha value is -1.76. The van der Waals surface area contributed by atoms with Crippen molar-refractivity contribution in [1.82, 2.24) is 4.90 Å². The Morgan fingerprint density at radius 3 is 2.58 bits per heavy atom. The first kappa shape index (κ1) is 17.1. The van der Waals surface area contributed by atoms with E-state index in [1.165, 1.54) is 0 Å². The molecule has 3 rings (SSSR count). The smallest absolute Gasteiger partial charge is 0.268 e. The Labute approximate surface area is 157 Å². The average molecular weight is 418 g/mol. The molecule has 2 aromatic rings. The maximum atomic E-state index is 12.6. The number of rotatable bonds is 2. The number of amides is 2. The number of aryl methyl sites for hydroxylation is 1. The number of carbonyl (C=O) groups excluding carboxylic acids is 2. The van der Waals surface area contributed by atoms with Gasteiger partial charge in [-0.2, -0.15) is 0 Å². The summed E-state index contributed by atoms with van der Waals surface area (Å²) in [4.78, 5) is 26.8. The van der Waals surface area contributed by atoms with Gasteiger partial charge in [-0.15, -0.1) is 0 Å². The van der Waals surface area contributed by atoms with Gasteiger partial charge in [-0.1, -0.05) is 69.7 Å². The van der Waals surface area contributed by atoms with Crippen LogP contribution < -0.4 is 0 Å². The van der Waals surface area contributed by atoms with E-state index in [0.29, 0.717) is 10.5 Å². The van der Waals surface area contributed by atoms with E-state index in [9.17, 15) is 9.59 Å². The second-order valence-electron chi connectivity index (χ2n) is 5.24. The van der Waals surface area contributed by atoms with Crippen molar-refractivity contribution >= 4 is 62.1 Å². The summed E-state index contributed by atoms with van der Waals surface area (Å²) in [6.45, 7) is 1.90. The molecule has 0 saturated carbocycles. The van der Waals surface area contributed by atoms with Crippen LogP contribution in [0.2, 0.25) is 0 Å². The Balaban J connectivity index is 1.89. The van der Waals surface area contributed by atoms with Crippen molar-refractivity contribution in [3.63, 3.8) is 0 Å². The minimum Gasteiger partial charge on any atom is -0.268 e. The summed E-state index contributed by atoms with van der Waals surface area (Å²) in [5, 5.41) is 0. The molecule has 6 heteroatoms.